The highest BCUT2D eigenvalue weighted by molar-refractivity contribution is 5.88. The number of hydrogen-bond acceptors (Lipinski definition) is 5. The second-order valence-corrected chi connectivity index (χ2v) is 7.94. The number of amides is 1. The van der Waals surface area contributed by atoms with Gasteiger partial charge in [0, 0.05) is 11.0 Å². The van der Waals surface area contributed by atoms with Crippen molar-refractivity contribution in [3.63, 3.8) is 0 Å². The van der Waals surface area contributed by atoms with Crippen LogP contribution in [0.25, 0.3) is 0 Å². The van der Waals surface area contributed by atoms with Gasteiger partial charge in [0.15, 0.2) is 11.5 Å². The smallest absolute Gasteiger partial charge is 0.412 e. The second-order valence-electron chi connectivity index (χ2n) is 7.94. The Morgan fingerprint density at radius 3 is 2.33 bits per heavy atom. The standard InChI is InChI=1S/C18H26N2O4/c1-16(2,3)24-15(22)20-12-9-11(10-13(23-4)14(12)21)17(5-6-17)18(19)7-8-18/h9-10,21H,5-8,19H2,1-4H3,(H,20,22). The minimum Gasteiger partial charge on any atom is -0.503 e. The molecule has 2 aliphatic carbocycles. The lowest BCUT2D eigenvalue weighted by molar-refractivity contribution is 0.0635. The summed E-state index contributed by atoms with van der Waals surface area (Å²) in [5.74, 6) is 0.221. The molecule has 0 aromatic heterocycles. The molecular weight excluding hydrogens is 308 g/mol. The van der Waals surface area contributed by atoms with Gasteiger partial charge in [0.25, 0.3) is 0 Å². The van der Waals surface area contributed by atoms with Crippen molar-refractivity contribution in [2.75, 3.05) is 12.4 Å². The molecule has 0 spiro atoms. The molecule has 1 aromatic rings. The van der Waals surface area contributed by atoms with E-state index >= 15 is 0 Å². The number of phenols is 1. The van der Waals surface area contributed by atoms with Crippen LogP contribution in [0.1, 0.15) is 52.0 Å². The number of aromatic hydroxyl groups is 1. The molecule has 0 aliphatic heterocycles. The van der Waals surface area contributed by atoms with E-state index in [1.807, 2.05) is 6.07 Å². The van der Waals surface area contributed by atoms with Crippen molar-refractivity contribution in [2.45, 2.75) is 63.0 Å². The van der Waals surface area contributed by atoms with Crippen molar-refractivity contribution in [2.24, 2.45) is 5.73 Å². The number of carbonyl (C=O) groups excluding carboxylic acids is 1. The molecule has 0 saturated heterocycles. The predicted molar refractivity (Wildman–Crippen MR) is 91.6 cm³/mol. The Morgan fingerprint density at radius 2 is 1.88 bits per heavy atom. The third kappa shape index (κ3) is 2.90. The minimum atomic E-state index is -0.617. The average molecular weight is 334 g/mol. The van der Waals surface area contributed by atoms with Crippen LogP contribution in [0.3, 0.4) is 0 Å². The van der Waals surface area contributed by atoms with Gasteiger partial charge in [-0.1, -0.05) is 0 Å². The van der Waals surface area contributed by atoms with Crippen LogP contribution in [-0.2, 0) is 10.2 Å². The van der Waals surface area contributed by atoms with E-state index in [0.29, 0.717) is 5.75 Å². The van der Waals surface area contributed by atoms with E-state index < -0.39 is 11.7 Å². The molecule has 1 amide bonds. The number of methoxy groups -OCH3 is 1. The number of rotatable bonds is 4. The van der Waals surface area contributed by atoms with Gasteiger partial charge in [0.05, 0.1) is 12.8 Å². The van der Waals surface area contributed by atoms with E-state index in [4.69, 9.17) is 15.2 Å². The van der Waals surface area contributed by atoms with Crippen LogP contribution in [0, 0.1) is 0 Å². The van der Waals surface area contributed by atoms with E-state index in [1.165, 1.54) is 7.11 Å². The molecule has 3 rings (SSSR count). The van der Waals surface area contributed by atoms with Crippen molar-refractivity contribution in [1.29, 1.82) is 0 Å². The van der Waals surface area contributed by atoms with E-state index in [0.717, 1.165) is 31.2 Å². The highest BCUT2D eigenvalue weighted by atomic mass is 16.6. The van der Waals surface area contributed by atoms with Crippen LogP contribution in [0.4, 0.5) is 10.5 Å². The van der Waals surface area contributed by atoms with E-state index in [1.54, 1.807) is 26.8 Å². The van der Waals surface area contributed by atoms with Crippen molar-refractivity contribution in [3.8, 4) is 11.5 Å². The Balaban J connectivity index is 1.92. The van der Waals surface area contributed by atoms with Crippen molar-refractivity contribution < 1.29 is 19.4 Å². The molecule has 2 saturated carbocycles. The number of nitrogens with one attached hydrogen (secondary N) is 1. The van der Waals surface area contributed by atoms with Gasteiger partial charge in [-0.15, -0.1) is 0 Å². The van der Waals surface area contributed by atoms with Crippen LogP contribution in [-0.4, -0.2) is 29.4 Å². The Kier molecular flexibility index (Phi) is 3.71. The maximum atomic E-state index is 12.1. The molecule has 1 aromatic carbocycles. The first-order valence-corrected chi connectivity index (χ1v) is 8.31. The summed E-state index contributed by atoms with van der Waals surface area (Å²) in [7, 11) is 1.49. The number of anilines is 1. The number of phenolic OH excluding ortho intramolecular Hbond substituents is 1. The molecule has 4 N–H and O–H groups in total. The van der Waals surface area contributed by atoms with Crippen LogP contribution >= 0.6 is 0 Å². The van der Waals surface area contributed by atoms with Gasteiger partial charge in [-0.05, 0) is 64.2 Å². The molecule has 2 aliphatic rings. The van der Waals surface area contributed by atoms with Gasteiger partial charge in [-0.25, -0.2) is 4.79 Å². The highest BCUT2D eigenvalue weighted by Gasteiger charge is 2.64. The number of carbonyl (C=O) groups is 1. The molecule has 0 bridgehead atoms. The molecule has 24 heavy (non-hydrogen) atoms. The molecule has 132 valence electrons. The summed E-state index contributed by atoms with van der Waals surface area (Å²) in [6, 6.07) is 3.62. The fourth-order valence-corrected chi connectivity index (χ4v) is 3.36. The minimum absolute atomic E-state index is 0.0711. The summed E-state index contributed by atoms with van der Waals surface area (Å²) in [6.45, 7) is 5.36. The molecule has 0 heterocycles. The summed E-state index contributed by atoms with van der Waals surface area (Å²) >= 11 is 0. The van der Waals surface area contributed by atoms with Crippen molar-refractivity contribution in [3.05, 3.63) is 17.7 Å². The Labute approximate surface area is 142 Å². The fraction of sp³-hybridized carbons (Fsp3) is 0.611. The van der Waals surface area contributed by atoms with E-state index in [-0.39, 0.29) is 22.4 Å². The average Bonchev–Trinajstić information content (AvgIpc) is 3.35. The lowest BCUT2D eigenvalue weighted by Crippen LogP contribution is -2.37. The third-order valence-corrected chi connectivity index (χ3v) is 4.97. The Bertz CT molecular complexity index is 670. The maximum Gasteiger partial charge on any atom is 0.412 e. The van der Waals surface area contributed by atoms with Gasteiger partial charge in [0.1, 0.15) is 5.60 Å². The van der Waals surface area contributed by atoms with Gasteiger partial charge in [-0.3, -0.25) is 5.32 Å². The van der Waals surface area contributed by atoms with Gasteiger partial charge < -0.3 is 20.3 Å². The molecule has 6 heteroatoms. The van der Waals surface area contributed by atoms with Gasteiger partial charge in [0.2, 0.25) is 0 Å². The van der Waals surface area contributed by atoms with E-state index in [9.17, 15) is 9.90 Å². The molecule has 0 radical (unpaired) electrons. The molecule has 0 unspecified atom stereocenters. The van der Waals surface area contributed by atoms with Crippen molar-refractivity contribution in [1.82, 2.24) is 0 Å². The first-order valence-electron chi connectivity index (χ1n) is 8.31. The topological polar surface area (TPSA) is 93.8 Å². The van der Waals surface area contributed by atoms with Crippen LogP contribution in [0.5, 0.6) is 11.5 Å². The van der Waals surface area contributed by atoms with Gasteiger partial charge in [-0.2, -0.15) is 0 Å². The Hall–Kier alpha value is -1.95. The molecular formula is C18H26N2O4. The fourth-order valence-electron chi connectivity index (χ4n) is 3.36. The van der Waals surface area contributed by atoms with Gasteiger partial charge >= 0.3 is 6.09 Å². The zero-order valence-corrected chi connectivity index (χ0v) is 14.7. The number of ether oxygens (including phenoxy) is 2. The van der Waals surface area contributed by atoms with Crippen LogP contribution in [0.15, 0.2) is 12.1 Å². The van der Waals surface area contributed by atoms with Crippen LogP contribution in [0.2, 0.25) is 0 Å². The normalized spacial score (nSPS) is 20.2. The predicted octanol–water partition coefficient (Wildman–Crippen LogP) is 3.27. The van der Waals surface area contributed by atoms with Crippen LogP contribution < -0.4 is 15.8 Å². The zero-order chi connectivity index (χ0) is 17.8. The van der Waals surface area contributed by atoms with Crippen molar-refractivity contribution >= 4 is 11.8 Å². The molecule has 6 nitrogen and oxygen atoms in total. The summed E-state index contributed by atoms with van der Waals surface area (Å²) in [5.41, 5.74) is 6.90. The molecule has 2 fully saturated rings. The SMILES string of the molecule is COc1cc(C2(C3(N)CC3)CC2)cc(NC(=O)OC(C)(C)C)c1O. The summed E-state index contributed by atoms with van der Waals surface area (Å²) < 4.78 is 10.5. The monoisotopic (exact) mass is 334 g/mol. The Morgan fingerprint density at radius 1 is 1.25 bits per heavy atom. The summed E-state index contributed by atoms with van der Waals surface area (Å²) in [6.07, 6.45) is 3.43. The number of benzene rings is 1. The zero-order valence-electron chi connectivity index (χ0n) is 14.7. The summed E-state index contributed by atoms with van der Waals surface area (Å²) in [5, 5.41) is 13.0. The third-order valence-electron chi connectivity index (χ3n) is 4.97. The van der Waals surface area contributed by atoms with E-state index in [2.05, 4.69) is 5.32 Å². The maximum absolute atomic E-state index is 12.1. The summed E-state index contributed by atoms with van der Waals surface area (Å²) in [4.78, 5) is 12.1. The second kappa shape index (κ2) is 5.28. The first kappa shape index (κ1) is 16.9. The number of nitrogens with two attached hydrogens (primary N) is 1. The lowest BCUT2D eigenvalue weighted by atomic mass is 9.85. The number of hydrogen-bond donors (Lipinski definition) is 3. The lowest BCUT2D eigenvalue weighted by Gasteiger charge is -2.25. The molecule has 0 atom stereocenters. The quantitative estimate of drug-likeness (QED) is 0.735. The highest BCUT2D eigenvalue weighted by Crippen LogP contribution is 2.64. The largest absolute Gasteiger partial charge is 0.503 e. The first-order chi connectivity index (χ1) is 11.1.